The van der Waals surface area contributed by atoms with E-state index < -0.39 is 17.7 Å². The van der Waals surface area contributed by atoms with E-state index in [0.29, 0.717) is 5.82 Å². The average Bonchev–Trinajstić information content (AvgIpc) is 2.43. The molecule has 0 spiro atoms. The van der Waals surface area contributed by atoms with E-state index in [1.54, 1.807) is 66.2 Å². The lowest BCUT2D eigenvalue weighted by Crippen LogP contribution is -2.48. The van der Waals surface area contributed by atoms with E-state index in [-0.39, 0.29) is 5.91 Å². The summed E-state index contributed by atoms with van der Waals surface area (Å²) in [6.07, 6.45) is 1.08. The monoisotopic (exact) mass is 293 g/mol. The van der Waals surface area contributed by atoms with Gasteiger partial charge in [-0.25, -0.2) is 9.78 Å². The van der Waals surface area contributed by atoms with E-state index in [4.69, 9.17) is 4.74 Å². The van der Waals surface area contributed by atoms with Gasteiger partial charge in [0.1, 0.15) is 17.5 Å². The summed E-state index contributed by atoms with van der Waals surface area (Å²) in [5.41, 5.74) is -0.596. The molecule has 0 radical (unpaired) electrons. The number of ether oxygens (including phenoxy) is 1. The van der Waals surface area contributed by atoms with Crippen LogP contribution in [-0.4, -0.2) is 47.6 Å². The van der Waals surface area contributed by atoms with Crippen molar-refractivity contribution in [2.45, 2.75) is 39.3 Å². The van der Waals surface area contributed by atoms with Crippen molar-refractivity contribution in [2.24, 2.45) is 0 Å². The summed E-state index contributed by atoms with van der Waals surface area (Å²) in [7, 11) is 3.17. The first-order valence-electron chi connectivity index (χ1n) is 6.78. The van der Waals surface area contributed by atoms with Gasteiger partial charge in [-0.05, 0) is 39.8 Å². The van der Waals surface area contributed by atoms with Gasteiger partial charge in [-0.15, -0.1) is 0 Å². The molecule has 1 rings (SSSR count). The van der Waals surface area contributed by atoms with Gasteiger partial charge < -0.3 is 4.74 Å². The van der Waals surface area contributed by atoms with Crippen molar-refractivity contribution in [1.82, 2.24) is 9.88 Å². The van der Waals surface area contributed by atoms with Crippen LogP contribution in [0.1, 0.15) is 27.7 Å². The van der Waals surface area contributed by atoms with Gasteiger partial charge >= 0.3 is 6.09 Å². The summed E-state index contributed by atoms with van der Waals surface area (Å²) in [5, 5.41) is 0. The molecule has 1 aromatic heterocycles. The lowest BCUT2D eigenvalue weighted by Gasteiger charge is -2.30. The molecule has 0 N–H and O–H groups in total. The topological polar surface area (TPSA) is 62.7 Å². The predicted molar refractivity (Wildman–Crippen MR) is 81.1 cm³/mol. The standard InChI is InChI=1S/C15H23N3O3/c1-11(17(5)14(20)21-15(2,3)4)13(19)18(6)12-9-7-8-10-16-12/h7-11H,1-6H3. The van der Waals surface area contributed by atoms with Crippen molar-refractivity contribution < 1.29 is 14.3 Å². The summed E-state index contributed by atoms with van der Waals surface area (Å²) >= 11 is 0. The third kappa shape index (κ3) is 4.73. The molecule has 21 heavy (non-hydrogen) atoms. The second-order valence-electron chi connectivity index (χ2n) is 5.85. The molecule has 1 aromatic rings. The molecule has 0 aliphatic carbocycles. The summed E-state index contributed by atoms with van der Waals surface area (Å²) < 4.78 is 5.26. The van der Waals surface area contributed by atoms with E-state index in [1.807, 2.05) is 0 Å². The molecule has 6 heteroatoms. The number of anilines is 1. The van der Waals surface area contributed by atoms with Crippen LogP contribution in [0.25, 0.3) is 0 Å². The second-order valence-corrected chi connectivity index (χ2v) is 5.85. The van der Waals surface area contributed by atoms with Gasteiger partial charge in [-0.2, -0.15) is 0 Å². The molecule has 1 heterocycles. The number of likely N-dealkylation sites (N-methyl/N-ethyl adjacent to an activating group) is 2. The number of carbonyl (C=O) groups is 2. The molecule has 0 aliphatic rings. The van der Waals surface area contributed by atoms with Gasteiger partial charge in [0.15, 0.2) is 0 Å². The number of carbonyl (C=O) groups excluding carboxylic acids is 2. The Morgan fingerprint density at radius 2 is 1.86 bits per heavy atom. The molecule has 1 atom stereocenters. The van der Waals surface area contributed by atoms with Gasteiger partial charge in [-0.1, -0.05) is 6.07 Å². The lowest BCUT2D eigenvalue weighted by atomic mass is 10.2. The Kier molecular flexibility index (Phi) is 5.29. The van der Waals surface area contributed by atoms with E-state index >= 15 is 0 Å². The van der Waals surface area contributed by atoms with E-state index in [1.165, 1.54) is 9.80 Å². The van der Waals surface area contributed by atoms with Crippen LogP contribution in [0, 0.1) is 0 Å². The van der Waals surface area contributed by atoms with Crippen molar-refractivity contribution in [3.63, 3.8) is 0 Å². The molecule has 0 aromatic carbocycles. The summed E-state index contributed by atoms with van der Waals surface area (Å²) in [6, 6.07) is 4.66. The molecular weight excluding hydrogens is 270 g/mol. The Bertz CT molecular complexity index is 497. The number of amides is 2. The molecule has 0 fully saturated rings. The van der Waals surface area contributed by atoms with Crippen LogP contribution in [0.3, 0.4) is 0 Å². The zero-order chi connectivity index (χ0) is 16.2. The highest BCUT2D eigenvalue weighted by molar-refractivity contribution is 5.97. The van der Waals surface area contributed by atoms with E-state index in [9.17, 15) is 9.59 Å². The van der Waals surface area contributed by atoms with Crippen LogP contribution < -0.4 is 4.90 Å². The van der Waals surface area contributed by atoms with Gasteiger partial charge in [0.2, 0.25) is 0 Å². The highest BCUT2D eigenvalue weighted by atomic mass is 16.6. The summed E-state index contributed by atoms with van der Waals surface area (Å²) in [5.74, 6) is 0.300. The zero-order valence-corrected chi connectivity index (χ0v) is 13.5. The average molecular weight is 293 g/mol. The molecule has 0 saturated carbocycles. The number of nitrogens with zero attached hydrogens (tertiary/aromatic N) is 3. The third-order valence-electron chi connectivity index (χ3n) is 2.94. The van der Waals surface area contributed by atoms with Crippen LogP contribution in [0.15, 0.2) is 24.4 Å². The van der Waals surface area contributed by atoms with Crippen LogP contribution in [0.2, 0.25) is 0 Å². The Labute approximate surface area is 125 Å². The lowest BCUT2D eigenvalue weighted by molar-refractivity contribution is -0.122. The summed E-state index contributed by atoms with van der Waals surface area (Å²) in [4.78, 5) is 31.2. The van der Waals surface area contributed by atoms with Gasteiger partial charge in [0.25, 0.3) is 5.91 Å². The van der Waals surface area contributed by atoms with Crippen molar-refractivity contribution in [3.05, 3.63) is 24.4 Å². The first-order chi connectivity index (χ1) is 9.63. The Balaban J connectivity index is 2.76. The van der Waals surface area contributed by atoms with E-state index in [2.05, 4.69) is 4.98 Å². The zero-order valence-electron chi connectivity index (χ0n) is 13.5. The summed E-state index contributed by atoms with van der Waals surface area (Å²) in [6.45, 7) is 7.01. The minimum atomic E-state index is -0.646. The Morgan fingerprint density at radius 1 is 1.24 bits per heavy atom. The largest absolute Gasteiger partial charge is 0.444 e. The normalized spacial score (nSPS) is 12.5. The fourth-order valence-electron chi connectivity index (χ4n) is 1.60. The number of rotatable bonds is 3. The second kappa shape index (κ2) is 6.56. The van der Waals surface area contributed by atoms with Crippen molar-refractivity contribution in [3.8, 4) is 0 Å². The van der Waals surface area contributed by atoms with Gasteiger partial charge in [0.05, 0.1) is 0 Å². The SMILES string of the molecule is CC(C(=O)N(C)c1ccccn1)N(C)C(=O)OC(C)(C)C. The maximum Gasteiger partial charge on any atom is 0.410 e. The van der Waals surface area contributed by atoms with Gasteiger partial charge in [-0.3, -0.25) is 14.6 Å². The minimum absolute atomic E-state index is 0.234. The highest BCUT2D eigenvalue weighted by Crippen LogP contribution is 2.14. The first-order valence-corrected chi connectivity index (χ1v) is 6.78. The molecule has 116 valence electrons. The molecule has 2 amide bonds. The maximum absolute atomic E-state index is 12.4. The Morgan fingerprint density at radius 3 is 2.33 bits per heavy atom. The fourth-order valence-corrected chi connectivity index (χ4v) is 1.60. The van der Waals surface area contributed by atoms with Crippen LogP contribution in [0.5, 0.6) is 0 Å². The van der Waals surface area contributed by atoms with Gasteiger partial charge in [0, 0.05) is 20.3 Å². The Hall–Kier alpha value is -2.11. The van der Waals surface area contributed by atoms with Crippen molar-refractivity contribution in [2.75, 3.05) is 19.0 Å². The first kappa shape index (κ1) is 16.9. The van der Waals surface area contributed by atoms with E-state index in [0.717, 1.165) is 0 Å². The van der Waals surface area contributed by atoms with Crippen LogP contribution in [-0.2, 0) is 9.53 Å². The number of hydrogen-bond acceptors (Lipinski definition) is 4. The highest BCUT2D eigenvalue weighted by Gasteiger charge is 2.29. The molecular formula is C15H23N3O3. The molecule has 6 nitrogen and oxygen atoms in total. The molecule has 1 unspecified atom stereocenters. The maximum atomic E-state index is 12.4. The fraction of sp³-hybridized carbons (Fsp3) is 0.533. The molecule has 0 aliphatic heterocycles. The number of hydrogen-bond donors (Lipinski definition) is 0. The van der Waals surface area contributed by atoms with Crippen molar-refractivity contribution >= 4 is 17.8 Å². The predicted octanol–water partition coefficient (Wildman–Crippen LogP) is 2.30. The minimum Gasteiger partial charge on any atom is -0.444 e. The smallest absolute Gasteiger partial charge is 0.410 e. The van der Waals surface area contributed by atoms with Crippen LogP contribution >= 0.6 is 0 Å². The molecule has 0 bridgehead atoms. The number of pyridine rings is 1. The third-order valence-corrected chi connectivity index (χ3v) is 2.94. The quantitative estimate of drug-likeness (QED) is 0.858. The van der Waals surface area contributed by atoms with Crippen molar-refractivity contribution in [1.29, 1.82) is 0 Å². The number of aromatic nitrogens is 1. The molecule has 0 saturated heterocycles. The van der Waals surface area contributed by atoms with Crippen LogP contribution in [0.4, 0.5) is 10.6 Å².